The second-order valence-electron chi connectivity index (χ2n) is 8.73. The molecule has 1 aliphatic carbocycles. The number of methoxy groups -OCH3 is 1. The first kappa shape index (κ1) is 24.7. The van der Waals surface area contributed by atoms with Crippen molar-refractivity contribution < 1.29 is 33.7 Å². The highest BCUT2D eigenvalue weighted by molar-refractivity contribution is 5.81. The molecule has 0 saturated carbocycles. The minimum absolute atomic E-state index is 0.0130. The Balaban J connectivity index is 1.20. The Bertz CT molecular complexity index is 1030. The lowest BCUT2D eigenvalue weighted by Gasteiger charge is -2.18. The molecule has 9 nitrogen and oxygen atoms in total. The van der Waals surface area contributed by atoms with Crippen LogP contribution in [0, 0.1) is 0 Å². The average Bonchev–Trinajstić information content (AvgIpc) is 3.46. The zero-order valence-corrected chi connectivity index (χ0v) is 19.6. The summed E-state index contributed by atoms with van der Waals surface area (Å²) in [5, 5.41) is 14.3. The van der Waals surface area contributed by atoms with Crippen molar-refractivity contribution in [1.82, 2.24) is 10.6 Å². The number of carbonyl (C=O) groups excluding carboxylic acids is 2. The van der Waals surface area contributed by atoms with Crippen molar-refractivity contribution in [3.63, 3.8) is 0 Å². The minimum atomic E-state index is -0.998. The molecule has 4 rings (SSSR count). The number of amides is 2. The van der Waals surface area contributed by atoms with Gasteiger partial charge in [-0.3, -0.25) is 9.59 Å². The van der Waals surface area contributed by atoms with Crippen molar-refractivity contribution >= 4 is 18.0 Å². The number of hydrogen-bond donors (Lipinski definition) is 3. The molecule has 2 aliphatic rings. The van der Waals surface area contributed by atoms with Gasteiger partial charge in [0.1, 0.15) is 12.7 Å². The van der Waals surface area contributed by atoms with Crippen LogP contribution >= 0.6 is 0 Å². The third kappa shape index (κ3) is 5.98. The molecule has 0 spiro atoms. The molecule has 1 aliphatic heterocycles. The molecule has 3 atom stereocenters. The second kappa shape index (κ2) is 11.3. The number of rotatable bonds is 10. The molecule has 2 aromatic carbocycles. The Labute approximate surface area is 203 Å². The van der Waals surface area contributed by atoms with E-state index in [1.165, 1.54) is 18.2 Å². The first-order valence-electron chi connectivity index (χ1n) is 11.7. The number of carbonyl (C=O) groups is 3. The zero-order valence-electron chi connectivity index (χ0n) is 19.6. The van der Waals surface area contributed by atoms with Crippen molar-refractivity contribution in [2.45, 2.75) is 43.5 Å². The molecular weight excluding hydrogens is 452 g/mol. The number of fused-ring (bicyclic) bond motifs is 3. The average molecular weight is 483 g/mol. The van der Waals surface area contributed by atoms with E-state index in [9.17, 15) is 14.4 Å². The Hall–Kier alpha value is -3.43. The number of benzene rings is 2. The fourth-order valence-corrected chi connectivity index (χ4v) is 4.66. The topological polar surface area (TPSA) is 123 Å². The molecule has 0 bridgehead atoms. The fourth-order valence-electron chi connectivity index (χ4n) is 4.66. The van der Waals surface area contributed by atoms with Crippen LogP contribution in [0.1, 0.15) is 36.3 Å². The van der Waals surface area contributed by atoms with E-state index >= 15 is 0 Å². The number of aliphatic carboxylic acids is 1. The SMILES string of the molecule is COC(CNC(=O)C1CCC(CNC(=O)OCC2c3ccccc3-c3ccccc32)O1)CC(=O)O. The lowest BCUT2D eigenvalue weighted by atomic mass is 9.98. The van der Waals surface area contributed by atoms with Crippen molar-refractivity contribution in [1.29, 1.82) is 0 Å². The van der Waals surface area contributed by atoms with Gasteiger partial charge >= 0.3 is 12.1 Å². The highest BCUT2D eigenvalue weighted by Gasteiger charge is 2.32. The summed E-state index contributed by atoms with van der Waals surface area (Å²) in [6, 6.07) is 16.3. The summed E-state index contributed by atoms with van der Waals surface area (Å²) >= 11 is 0. The van der Waals surface area contributed by atoms with Gasteiger partial charge in [-0.05, 0) is 35.1 Å². The highest BCUT2D eigenvalue weighted by Crippen LogP contribution is 2.44. The quantitative estimate of drug-likeness (QED) is 0.476. The normalized spacial score (nSPS) is 19.5. The van der Waals surface area contributed by atoms with Crippen molar-refractivity contribution in [2.75, 3.05) is 26.8 Å². The third-order valence-electron chi connectivity index (χ3n) is 6.46. The largest absolute Gasteiger partial charge is 0.481 e. The molecule has 0 radical (unpaired) electrons. The van der Waals surface area contributed by atoms with Crippen LogP contribution < -0.4 is 10.6 Å². The third-order valence-corrected chi connectivity index (χ3v) is 6.46. The van der Waals surface area contributed by atoms with Gasteiger partial charge in [0, 0.05) is 26.1 Å². The van der Waals surface area contributed by atoms with E-state index in [2.05, 4.69) is 34.9 Å². The maximum Gasteiger partial charge on any atom is 0.407 e. The molecule has 3 unspecified atom stereocenters. The summed E-state index contributed by atoms with van der Waals surface area (Å²) < 4.78 is 16.3. The van der Waals surface area contributed by atoms with Crippen LogP contribution in [0.3, 0.4) is 0 Å². The van der Waals surface area contributed by atoms with Gasteiger partial charge in [-0.1, -0.05) is 48.5 Å². The minimum Gasteiger partial charge on any atom is -0.481 e. The standard InChI is InChI=1S/C26H30N2O7/c1-33-17(12-24(29)30)14-27-25(31)23-11-10-16(35-23)13-28-26(32)34-15-22-20-8-4-2-6-18(20)19-7-3-5-9-21(19)22/h2-9,16-17,22-23H,10-15H2,1H3,(H,27,31)(H,28,32)(H,29,30). The van der Waals surface area contributed by atoms with E-state index < -0.39 is 24.3 Å². The van der Waals surface area contributed by atoms with Gasteiger partial charge < -0.3 is 30.0 Å². The molecule has 2 amide bonds. The Kier molecular flexibility index (Phi) is 7.99. The zero-order chi connectivity index (χ0) is 24.8. The van der Waals surface area contributed by atoms with Gasteiger partial charge in [0.25, 0.3) is 0 Å². The summed E-state index contributed by atoms with van der Waals surface area (Å²) in [4.78, 5) is 35.5. The van der Waals surface area contributed by atoms with E-state index in [1.54, 1.807) is 0 Å². The molecular formula is C26H30N2O7. The number of ether oxygens (including phenoxy) is 3. The second-order valence-corrected chi connectivity index (χ2v) is 8.73. The molecule has 35 heavy (non-hydrogen) atoms. The van der Waals surface area contributed by atoms with Crippen molar-refractivity contribution in [2.24, 2.45) is 0 Å². The van der Waals surface area contributed by atoms with Crippen LogP contribution in [-0.4, -0.2) is 68.2 Å². The first-order chi connectivity index (χ1) is 17.0. The van der Waals surface area contributed by atoms with Gasteiger partial charge in [-0.15, -0.1) is 0 Å². The first-order valence-corrected chi connectivity index (χ1v) is 11.7. The van der Waals surface area contributed by atoms with Gasteiger partial charge in [0.05, 0.1) is 18.6 Å². The highest BCUT2D eigenvalue weighted by atomic mass is 16.6. The van der Waals surface area contributed by atoms with E-state index in [1.807, 2.05) is 24.3 Å². The van der Waals surface area contributed by atoms with E-state index in [0.29, 0.717) is 12.8 Å². The summed E-state index contributed by atoms with van der Waals surface area (Å²) in [6.45, 7) is 0.553. The number of carboxylic acids is 1. The molecule has 9 heteroatoms. The number of carboxylic acid groups (broad SMARTS) is 1. The predicted molar refractivity (Wildman–Crippen MR) is 127 cm³/mol. The lowest BCUT2D eigenvalue weighted by molar-refractivity contribution is -0.140. The predicted octanol–water partition coefficient (Wildman–Crippen LogP) is 2.68. The van der Waals surface area contributed by atoms with Crippen LogP contribution in [-0.2, 0) is 23.8 Å². The monoisotopic (exact) mass is 482 g/mol. The lowest BCUT2D eigenvalue weighted by Crippen LogP contribution is -2.41. The molecule has 186 valence electrons. The molecule has 3 N–H and O–H groups in total. The molecule has 1 saturated heterocycles. The van der Waals surface area contributed by atoms with Gasteiger partial charge in [0.15, 0.2) is 0 Å². The summed E-state index contributed by atoms with van der Waals surface area (Å²) in [6.07, 6.45) is -1.15. The maximum atomic E-state index is 12.4. The molecule has 1 heterocycles. The molecule has 2 aromatic rings. The molecule has 0 aromatic heterocycles. The summed E-state index contributed by atoms with van der Waals surface area (Å²) in [5.41, 5.74) is 4.63. The number of nitrogens with one attached hydrogen (secondary N) is 2. The Morgan fingerprint density at radius 3 is 2.31 bits per heavy atom. The van der Waals surface area contributed by atoms with E-state index in [0.717, 1.165) is 11.1 Å². The molecule has 1 fully saturated rings. The number of hydrogen-bond acceptors (Lipinski definition) is 6. The number of alkyl carbamates (subject to hydrolysis) is 1. The van der Waals surface area contributed by atoms with Crippen LogP contribution in [0.15, 0.2) is 48.5 Å². The van der Waals surface area contributed by atoms with Gasteiger partial charge in [-0.25, -0.2) is 4.79 Å². The smallest absolute Gasteiger partial charge is 0.407 e. The van der Waals surface area contributed by atoms with Crippen LogP contribution in [0.4, 0.5) is 4.79 Å². The van der Waals surface area contributed by atoms with Crippen LogP contribution in [0.5, 0.6) is 0 Å². The van der Waals surface area contributed by atoms with E-state index in [4.69, 9.17) is 19.3 Å². The van der Waals surface area contributed by atoms with Gasteiger partial charge in [0.2, 0.25) is 5.91 Å². The van der Waals surface area contributed by atoms with Crippen molar-refractivity contribution in [3.8, 4) is 11.1 Å². The van der Waals surface area contributed by atoms with Gasteiger partial charge in [-0.2, -0.15) is 0 Å². The van der Waals surface area contributed by atoms with Crippen LogP contribution in [0.25, 0.3) is 11.1 Å². The maximum absolute atomic E-state index is 12.4. The Morgan fingerprint density at radius 2 is 1.69 bits per heavy atom. The van der Waals surface area contributed by atoms with Crippen molar-refractivity contribution in [3.05, 3.63) is 59.7 Å². The summed E-state index contributed by atoms with van der Waals surface area (Å²) in [7, 11) is 1.40. The Morgan fingerprint density at radius 1 is 1.03 bits per heavy atom. The van der Waals surface area contributed by atoms with Crippen LogP contribution in [0.2, 0.25) is 0 Å². The van der Waals surface area contributed by atoms with E-state index in [-0.39, 0.29) is 44.0 Å². The fraction of sp³-hybridized carbons (Fsp3) is 0.423. The summed E-state index contributed by atoms with van der Waals surface area (Å²) in [5.74, 6) is -1.33.